The molecule has 3 heterocycles. The fourth-order valence-corrected chi connectivity index (χ4v) is 10.5. The number of hydrogen-bond donors (Lipinski definition) is 8. The van der Waals surface area contributed by atoms with Gasteiger partial charge in [-0.05, 0) is 36.8 Å². The highest BCUT2D eigenvalue weighted by Crippen LogP contribution is 2.24. The summed E-state index contributed by atoms with van der Waals surface area (Å²) < 4.78 is 0. The van der Waals surface area contributed by atoms with Crippen LogP contribution in [0.2, 0.25) is 0 Å². The van der Waals surface area contributed by atoms with E-state index in [4.69, 9.17) is 0 Å². The number of carbonyl (C=O) groups is 10. The fourth-order valence-electron chi connectivity index (χ4n) is 8.31. The van der Waals surface area contributed by atoms with Crippen molar-refractivity contribution in [1.82, 2.24) is 60.6 Å². The van der Waals surface area contributed by atoms with Gasteiger partial charge in [-0.15, -0.1) is 0 Å². The summed E-state index contributed by atoms with van der Waals surface area (Å²) in [4.78, 5) is 156. The van der Waals surface area contributed by atoms with Gasteiger partial charge < -0.3 is 60.9 Å². The number of thiol groups is 2. The number of nitrogens with zero attached hydrogens (tertiary/aromatic N) is 8. The van der Waals surface area contributed by atoms with Gasteiger partial charge in [-0.25, -0.2) is 9.97 Å². The number of hydrogen-bond acceptors (Lipinski definition) is 18. The predicted octanol–water partition coefficient (Wildman–Crippen LogP) is -0.852. The molecule has 1 aliphatic rings. The van der Waals surface area contributed by atoms with Crippen LogP contribution in [0.25, 0.3) is 21.8 Å². The Kier molecular flexibility index (Phi) is 22.2. The van der Waals surface area contributed by atoms with E-state index in [9.17, 15) is 58.2 Å². The van der Waals surface area contributed by atoms with E-state index in [-0.39, 0.29) is 23.0 Å². The molecule has 1 fully saturated rings. The number of benzene rings is 2. The highest BCUT2D eigenvalue weighted by molar-refractivity contribution is 7.98. The highest BCUT2D eigenvalue weighted by atomic mass is 32.2. The molecule has 0 radical (unpaired) electrons. The van der Waals surface area contributed by atoms with E-state index >= 15 is 0 Å². The second-order valence-electron chi connectivity index (χ2n) is 18.3. The van der Waals surface area contributed by atoms with Crippen molar-refractivity contribution in [2.45, 2.75) is 36.3 Å². The molecule has 420 valence electrons. The van der Waals surface area contributed by atoms with Gasteiger partial charge in [0.05, 0.1) is 24.1 Å². The van der Waals surface area contributed by atoms with Crippen LogP contribution in [0.1, 0.15) is 21.0 Å². The molecule has 1 saturated heterocycles. The summed E-state index contributed by atoms with van der Waals surface area (Å²) in [5, 5.41) is 32.7. The molecule has 28 heteroatoms. The number of aromatic hydroxyl groups is 2. The molecular formula is C50H64N12O12S4. The SMILES string of the molecule is CSC[C@H]1C(=O)N(C)C[C@H](NC(=O)c2nc3ccccc3cc2O)C(=O)NCC(=O)N(C)[C@@H](CS)C(=O)N(C)[C@@H](CSC)C(=O)N(C)C[C@@H](NC(=O)c2nc3ccccc3cc2O)C(=O)NCC(=O)N(C)[C@@H](CS)C(=O)N1C. The summed E-state index contributed by atoms with van der Waals surface area (Å²) in [7, 11) is 7.87. The molecule has 0 spiro atoms. The standard InChI is InChI=1S/C50H64N12O12S4/c1-57-21-31(55-45(69)41-37(63)17-27-13-9-11-15-29(27)53-41)43(67)51-19-39(65)60(4)34(24-76)50(74)62(6)36(26-78-8)48(72)58(2)22-32(56-46(70)42-38(64)18-28-14-10-12-16-30(28)54-42)44(68)52-20-40(66)59(3)33(23-75)49(73)61(5)35(25-77-7)47(57)71/h9-18,31-36,63-64,75-76H,19-26H2,1-8H3,(H,51,67)(H,52,68)(H,55,69)(H,56,70)/t31-,32+,33-,34-,35-,36-/m0/s1. The number of carbonyl (C=O) groups excluding carboxylic acids is 10. The molecule has 6 atom stereocenters. The van der Waals surface area contributed by atoms with E-state index in [1.807, 2.05) is 0 Å². The first kappa shape index (κ1) is 61.8. The van der Waals surface area contributed by atoms with Crippen LogP contribution in [0, 0.1) is 0 Å². The molecule has 10 amide bonds. The Morgan fingerprint density at radius 1 is 0.564 bits per heavy atom. The van der Waals surface area contributed by atoms with E-state index < -0.39 is 144 Å². The third-order valence-electron chi connectivity index (χ3n) is 13.1. The molecule has 0 saturated carbocycles. The number of likely N-dealkylation sites (N-methyl/N-ethyl adjacent to an activating group) is 6. The van der Waals surface area contributed by atoms with Crippen LogP contribution in [-0.4, -0.2) is 249 Å². The van der Waals surface area contributed by atoms with E-state index in [0.29, 0.717) is 21.8 Å². The topological polar surface area (TPSA) is 304 Å². The van der Waals surface area contributed by atoms with Gasteiger partial charge in [0.25, 0.3) is 11.8 Å². The Labute approximate surface area is 469 Å². The molecule has 1 aliphatic heterocycles. The summed E-state index contributed by atoms with van der Waals surface area (Å²) in [6, 6.07) is 7.54. The molecule has 0 aliphatic carbocycles. The lowest BCUT2D eigenvalue weighted by Gasteiger charge is -2.36. The van der Waals surface area contributed by atoms with Crippen molar-refractivity contribution in [1.29, 1.82) is 0 Å². The van der Waals surface area contributed by atoms with Crippen LogP contribution in [-0.2, 0) is 38.4 Å². The third-order valence-corrected chi connectivity index (χ3v) is 15.1. The molecule has 6 N–H and O–H groups in total. The lowest BCUT2D eigenvalue weighted by atomic mass is 10.1. The monoisotopic (exact) mass is 1150 g/mol. The van der Waals surface area contributed by atoms with Crippen LogP contribution in [0.3, 0.4) is 0 Å². The molecule has 24 nitrogen and oxygen atoms in total. The van der Waals surface area contributed by atoms with Crippen LogP contribution in [0.15, 0.2) is 60.7 Å². The second-order valence-corrected chi connectivity index (χ2v) is 20.8. The van der Waals surface area contributed by atoms with Gasteiger partial charge >= 0.3 is 0 Å². The van der Waals surface area contributed by atoms with Crippen LogP contribution >= 0.6 is 48.8 Å². The Bertz CT molecular complexity index is 2750. The maximum absolute atomic E-state index is 14.4. The van der Waals surface area contributed by atoms with Crippen molar-refractivity contribution >= 4 is 130 Å². The number of rotatable bonds is 10. The average molecular weight is 1150 g/mol. The van der Waals surface area contributed by atoms with Gasteiger partial charge in [0.1, 0.15) is 47.8 Å². The first-order valence-electron chi connectivity index (χ1n) is 24.1. The first-order valence-corrected chi connectivity index (χ1v) is 28.1. The van der Waals surface area contributed by atoms with E-state index in [1.165, 1.54) is 77.9 Å². The Morgan fingerprint density at radius 3 is 1.24 bits per heavy atom. The van der Waals surface area contributed by atoms with Gasteiger partial charge in [0.15, 0.2) is 11.4 Å². The normalized spacial score (nSPS) is 21.8. The Morgan fingerprint density at radius 2 is 0.910 bits per heavy atom. The third kappa shape index (κ3) is 14.7. The molecule has 4 aromatic rings. The lowest BCUT2D eigenvalue weighted by Crippen LogP contribution is -2.60. The number of para-hydroxylation sites is 2. The van der Waals surface area contributed by atoms with Gasteiger partial charge in [-0.1, -0.05) is 36.4 Å². The van der Waals surface area contributed by atoms with Crippen molar-refractivity contribution < 1.29 is 58.2 Å². The minimum atomic E-state index is -1.63. The van der Waals surface area contributed by atoms with Gasteiger partial charge in [0, 0.05) is 89.2 Å². The van der Waals surface area contributed by atoms with Crippen molar-refractivity contribution in [2.75, 3.05) is 104 Å². The van der Waals surface area contributed by atoms with Crippen molar-refractivity contribution in [3.05, 3.63) is 72.1 Å². The minimum Gasteiger partial charge on any atom is -0.505 e. The first-order chi connectivity index (χ1) is 37.0. The van der Waals surface area contributed by atoms with E-state index in [2.05, 4.69) is 56.5 Å². The zero-order valence-electron chi connectivity index (χ0n) is 44.2. The summed E-state index contributed by atoms with van der Waals surface area (Å²) in [5.41, 5.74) is -0.208. The van der Waals surface area contributed by atoms with Crippen molar-refractivity contribution in [3.63, 3.8) is 0 Å². The summed E-state index contributed by atoms with van der Waals surface area (Å²) in [5.74, 6) is -10.0. The van der Waals surface area contributed by atoms with Crippen LogP contribution < -0.4 is 21.3 Å². The zero-order chi connectivity index (χ0) is 57.7. The van der Waals surface area contributed by atoms with Crippen molar-refractivity contribution in [2.24, 2.45) is 0 Å². The summed E-state index contributed by atoms with van der Waals surface area (Å²) in [6.07, 6.45) is 3.36. The van der Waals surface area contributed by atoms with Crippen LogP contribution in [0.5, 0.6) is 11.5 Å². The number of nitrogens with one attached hydrogen (secondary N) is 4. The largest absolute Gasteiger partial charge is 0.505 e. The Hall–Kier alpha value is -7.04. The maximum atomic E-state index is 14.4. The fraction of sp³-hybridized carbons (Fsp3) is 0.440. The maximum Gasteiger partial charge on any atom is 0.274 e. The molecule has 0 bridgehead atoms. The second kappa shape index (κ2) is 28.0. The molecular weight excluding hydrogens is 1090 g/mol. The number of amides is 10. The van der Waals surface area contributed by atoms with E-state index in [0.717, 1.165) is 29.4 Å². The molecule has 0 unspecified atom stereocenters. The van der Waals surface area contributed by atoms with Gasteiger partial charge in [0.2, 0.25) is 47.3 Å². The number of fused-ring (bicyclic) bond motifs is 2. The Balaban J connectivity index is 1.53. The summed E-state index contributed by atoms with van der Waals surface area (Å²) >= 11 is 11.1. The van der Waals surface area contributed by atoms with Gasteiger partial charge in [-0.3, -0.25) is 47.9 Å². The highest BCUT2D eigenvalue weighted by Gasteiger charge is 2.39. The minimum absolute atomic E-state index is 0.00612. The quantitative estimate of drug-likeness (QED) is 0.0898. The van der Waals surface area contributed by atoms with E-state index in [1.54, 1.807) is 61.0 Å². The lowest BCUT2D eigenvalue weighted by molar-refractivity contribution is -0.149. The molecule has 5 rings (SSSR count). The number of thioether (sulfide) groups is 2. The van der Waals surface area contributed by atoms with Gasteiger partial charge in [-0.2, -0.15) is 48.8 Å². The smallest absolute Gasteiger partial charge is 0.274 e. The van der Waals surface area contributed by atoms with Crippen molar-refractivity contribution in [3.8, 4) is 11.5 Å². The summed E-state index contributed by atoms with van der Waals surface area (Å²) in [6.45, 7) is -2.61. The molecule has 2 aromatic heterocycles. The van der Waals surface area contributed by atoms with Crippen LogP contribution in [0.4, 0.5) is 0 Å². The number of aromatic nitrogens is 2. The number of pyridine rings is 2. The molecule has 78 heavy (non-hydrogen) atoms. The predicted molar refractivity (Wildman–Crippen MR) is 301 cm³/mol. The zero-order valence-corrected chi connectivity index (χ0v) is 47.6. The average Bonchev–Trinajstić information content (AvgIpc) is 3.44. The molecule has 2 aromatic carbocycles.